The van der Waals surface area contributed by atoms with Gasteiger partial charge < -0.3 is 4.90 Å². The number of nitrogens with zero attached hydrogens (tertiary/aromatic N) is 3. The fourth-order valence-electron chi connectivity index (χ4n) is 2.25. The topological polar surface area (TPSA) is 39.9 Å². The number of piperidine rings is 1. The lowest BCUT2D eigenvalue weighted by Gasteiger charge is -2.32. The summed E-state index contributed by atoms with van der Waals surface area (Å²) in [7, 11) is 0. The summed E-state index contributed by atoms with van der Waals surface area (Å²) in [5.74, 6) is 0.795. The van der Waals surface area contributed by atoms with Gasteiger partial charge >= 0.3 is 0 Å². The quantitative estimate of drug-likeness (QED) is 0.787. The summed E-state index contributed by atoms with van der Waals surface area (Å²) < 4.78 is 12.7. The molecule has 2 heterocycles. The molecule has 0 aliphatic carbocycles. The number of hydrogen-bond acceptors (Lipinski definition) is 3. The Morgan fingerprint density at radius 1 is 1.59 bits per heavy atom. The van der Waals surface area contributed by atoms with Crippen LogP contribution in [0.4, 0.5) is 10.2 Å². The van der Waals surface area contributed by atoms with Crippen LogP contribution in [0, 0.1) is 24.2 Å². The van der Waals surface area contributed by atoms with Gasteiger partial charge in [0.2, 0.25) is 0 Å². The number of halogens is 1. The fourth-order valence-corrected chi connectivity index (χ4v) is 2.25. The van der Waals surface area contributed by atoms with Crippen LogP contribution in [-0.4, -0.2) is 24.7 Å². The second-order valence-corrected chi connectivity index (χ2v) is 4.54. The molecule has 1 saturated heterocycles. The minimum Gasteiger partial charge on any atom is -0.355 e. The van der Waals surface area contributed by atoms with Gasteiger partial charge in [-0.1, -0.05) is 0 Å². The molecule has 1 aliphatic rings. The van der Waals surface area contributed by atoms with Gasteiger partial charge in [0, 0.05) is 24.7 Å². The standard InChI is InChI=1S/C13H16FN3/c1-10-4-5-12(8-15)13(16-10)17-6-2-3-11(7-14)9-17/h4-5,11H,2-3,6-7,9H2,1H3. The number of aryl methyl sites for hydroxylation is 1. The third-order valence-corrected chi connectivity index (χ3v) is 3.17. The Morgan fingerprint density at radius 2 is 2.41 bits per heavy atom. The van der Waals surface area contributed by atoms with Crippen LogP contribution in [-0.2, 0) is 0 Å². The van der Waals surface area contributed by atoms with Gasteiger partial charge in [-0.2, -0.15) is 5.26 Å². The molecule has 17 heavy (non-hydrogen) atoms. The summed E-state index contributed by atoms with van der Waals surface area (Å²) in [5.41, 5.74) is 1.47. The Balaban J connectivity index is 2.27. The van der Waals surface area contributed by atoms with E-state index < -0.39 is 0 Å². The zero-order valence-corrected chi connectivity index (χ0v) is 9.99. The number of nitriles is 1. The number of aromatic nitrogens is 1. The monoisotopic (exact) mass is 233 g/mol. The molecule has 1 aromatic rings. The largest absolute Gasteiger partial charge is 0.355 e. The van der Waals surface area contributed by atoms with Crippen molar-refractivity contribution in [3.8, 4) is 6.07 Å². The summed E-state index contributed by atoms with van der Waals surface area (Å²) in [6.07, 6.45) is 1.90. The van der Waals surface area contributed by atoms with Crippen molar-refractivity contribution in [2.45, 2.75) is 19.8 Å². The molecule has 0 bridgehead atoms. The predicted octanol–water partition coefficient (Wildman–Crippen LogP) is 2.45. The third-order valence-electron chi connectivity index (χ3n) is 3.17. The van der Waals surface area contributed by atoms with E-state index in [9.17, 15) is 4.39 Å². The maximum absolute atomic E-state index is 12.7. The van der Waals surface area contributed by atoms with Gasteiger partial charge in [0.1, 0.15) is 11.9 Å². The van der Waals surface area contributed by atoms with E-state index in [1.165, 1.54) is 0 Å². The van der Waals surface area contributed by atoms with E-state index >= 15 is 0 Å². The van der Waals surface area contributed by atoms with E-state index in [0.29, 0.717) is 17.9 Å². The highest BCUT2D eigenvalue weighted by atomic mass is 19.1. The zero-order chi connectivity index (χ0) is 12.3. The first-order chi connectivity index (χ1) is 8.24. The summed E-state index contributed by atoms with van der Waals surface area (Å²) >= 11 is 0. The highest BCUT2D eigenvalue weighted by molar-refractivity contribution is 5.54. The Hall–Kier alpha value is -1.63. The van der Waals surface area contributed by atoms with Crippen molar-refractivity contribution < 1.29 is 4.39 Å². The number of pyridine rings is 1. The second kappa shape index (κ2) is 5.13. The van der Waals surface area contributed by atoms with Crippen LogP contribution in [0.2, 0.25) is 0 Å². The van der Waals surface area contributed by atoms with Crippen molar-refractivity contribution in [3.63, 3.8) is 0 Å². The maximum Gasteiger partial charge on any atom is 0.146 e. The molecule has 0 N–H and O–H groups in total. The van der Waals surface area contributed by atoms with E-state index in [2.05, 4.69) is 11.1 Å². The Kier molecular flexibility index (Phi) is 3.58. The predicted molar refractivity (Wildman–Crippen MR) is 64.6 cm³/mol. The zero-order valence-electron chi connectivity index (χ0n) is 9.99. The molecule has 0 amide bonds. The molecule has 1 aliphatic heterocycles. The summed E-state index contributed by atoms with van der Waals surface area (Å²) in [6.45, 7) is 3.15. The molecule has 0 saturated carbocycles. The highest BCUT2D eigenvalue weighted by Crippen LogP contribution is 2.24. The highest BCUT2D eigenvalue weighted by Gasteiger charge is 2.22. The first-order valence-corrected chi connectivity index (χ1v) is 5.93. The van der Waals surface area contributed by atoms with Crippen molar-refractivity contribution in [2.24, 2.45) is 5.92 Å². The molecule has 0 aromatic carbocycles. The van der Waals surface area contributed by atoms with Crippen LogP contribution in [0.3, 0.4) is 0 Å². The van der Waals surface area contributed by atoms with Crippen molar-refractivity contribution in [3.05, 3.63) is 23.4 Å². The van der Waals surface area contributed by atoms with Gasteiger partial charge in [-0.25, -0.2) is 4.98 Å². The molecular formula is C13H16FN3. The number of anilines is 1. The fraction of sp³-hybridized carbons (Fsp3) is 0.538. The molecule has 0 radical (unpaired) electrons. The van der Waals surface area contributed by atoms with E-state index in [0.717, 1.165) is 25.1 Å². The molecule has 90 valence electrons. The molecule has 1 aromatic heterocycles. The number of hydrogen-bond donors (Lipinski definition) is 0. The van der Waals surface area contributed by atoms with Gasteiger partial charge in [-0.15, -0.1) is 0 Å². The SMILES string of the molecule is Cc1ccc(C#N)c(N2CCCC(CF)C2)n1. The van der Waals surface area contributed by atoms with Crippen LogP contribution >= 0.6 is 0 Å². The molecule has 2 rings (SSSR count). The number of alkyl halides is 1. The minimum absolute atomic E-state index is 0.0811. The molecule has 1 fully saturated rings. The Bertz CT molecular complexity index is 439. The second-order valence-electron chi connectivity index (χ2n) is 4.54. The van der Waals surface area contributed by atoms with Crippen molar-refractivity contribution in [2.75, 3.05) is 24.7 Å². The Labute approximate surface area is 101 Å². The van der Waals surface area contributed by atoms with E-state index in [4.69, 9.17) is 5.26 Å². The average Bonchev–Trinajstić information content (AvgIpc) is 2.39. The van der Waals surface area contributed by atoms with E-state index in [-0.39, 0.29) is 12.6 Å². The smallest absolute Gasteiger partial charge is 0.146 e. The third kappa shape index (κ3) is 2.55. The van der Waals surface area contributed by atoms with Gasteiger partial charge in [0.15, 0.2) is 0 Å². The van der Waals surface area contributed by atoms with Crippen molar-refractivity contribution >= 4 is 5.82 Å². The molecule has 0 spiro atoms. The average molecular weight is 233 g/mol. The summed E-state index contributed by atoms with van der Waals surface area (Å²) in [6, 6.07) is 5.78. The van der Waals surface area contributed by atoms with Crippen molar-refractivity contribution in [1.29, 1.82) is 5.26 Å². The first-order valence-electron chi connectivity index (χ1n) is 5.93. The van der Waals surface area contributed by atoms with Crippen molar-refractivity contribution in [1.82, 2.24) is 4.98 Å². The molecule has 1 atom stereocenters. The normalized spacial score (nSPS) is 20.1. The Morgan fingerprint density at radius 3 is 3.12 bits per heavy atom. The van der Waals surface area contributed by atoms with Gasteiger partial charge in [-0.3, -0.25) is 4.39 Å². The lowest BCUT2D eigenvalue weighted by Crippen LogP contribution is -2.37. The lowest BCUT2D eigenvalue weighted by atomic mass is 9.99. The van der Waals surface area contributed by atoms with Crippen LogP contribution in [0.25, 0.3) is 0 Å². The van der Waals surface area contributed by atoms with Crippen LogP contribution in [0.5, 0.6) is 0 Å². The van der Waals surface area contributed by atoms with Gasteiger partial charge in [-0.05, 0) is 31.9 Å². The van der Waals surface area contributed by atoms with Crippen LogP contribution in [0.1, 0.15) is 24.1 Å². The minimum atomic E-state index is -0.287. The summed E-state index contributed by atoms with van der Waals surface area (Å²) in [5, 5.41) is 9.07. The first kappa shape index (κ1) is 11.8. The molecular weight excluding hydrogens is 217 g/mol. The number of rotatable bonds is 2. The molecule has 4 heteroatoms. The lowest BCUT2D eigenvalue weighted by molar-refractivity contribution is 0.315. The van der Waals surface area contributed by atoms with Gasteiger partial charge in [0.25, 0.3) is 0 Å². The van der Waals surface area contributed by atoms with Crippen LogP contribution < -0.4 is 4.90 Å². The van der Waals surface area contributed by atoms with E-state index in [1.807, 2.05) is 17.9 Å². The summed E-state index contributed by atoms with van der Waals surface area (Å²) in [4.78, 5) is 6.46. The van der Waals surface area contributed by atoms with E-state index in [1.54, 1.807) is 6.07 Å². The van der Waals surface area contributed by atoms with Gasteiger partial charge in [0.05, 0.1) is 12.2 Å². The van der Waals surface area contributed by atoms with Crippen LogP contribution in [0.15, 0.2) is 12.1 Å². The molecule has 3 nitrogen and oxygen atoms in total. The molecule has 1 unspecified atom stereocenters. The maximum atomic E-state index is 12.7.